The minimum Gasteiger partial charge on any atom is -0.465 e. The van der Waals surface area contributed by atoms with E-state index < -0.39 is 11.9 Å². The standard InChI is InChI=1S/C22H19NO6/c1-14-6-5-7-15(12-14)20(24)23-18-9-4-3-8-16(18)22(26)29-13-19-17(10-11-28-19)21(25)27-2/h3-12H,13H2,1-2H3,(H,23,24). The third kappa shape index (κ3) is 4.70. The predicted octanol–water partition coefficient (Wildman–Crippen LogP) is 3.98. The van der Waals surface area contributed by atoms with Gasteiger partial charge in [0.25, 0.3) is 5.91 Å². The summed E-state index contributed by atoms with van der Waals surface area (Å²) in [5.41, 5.74) is 2.11. The zero-order valence-corrected chi connectivity index (χ0v) is 15.9. The van der Waals surface area contributed by atoms with Gasteiger partial charge in [-0.2, -0.15) is 0 Å². The Balaban J connectivity index is 1.73. The van der Waals surface area contributed by atoms with Crippen LogP contribution in [0, 0.1) is 6.92 Å². The lowest BCUT2D eigenvalue weighted by atomic mass is 10.1. The van der Waals surface area contributed by atoms with E-state index in [1.165, 1.54) is 25.5 Å². The number of benzene rings is 2. The molecule has 0 unspecified atom stereocenters. The molecule has 1 aromatic heterocycles. The van der Waals surface area contributed by atoms with E-state index in [0.29, 0.717) is 11.3 Å². The van der Waals surface area contributed by atoms with E-state index >= 15 is 0 Å². The molecule has 0 spiro atoms. The van der Waals surface area contributed by atoms with Crippen LogP contribution in [0.4, 0.5) is 5.69 Å². The highest BCUT2D eigenvalue weighted by atomic mass is 16.5. The van der Waals surface area contributed by atoms with Crippen LogP contribution in [0.15, 0.2) is 65.3 Å². The van der Waals surface area contributed by atoms with Gasteiger partial charge >= 0.3 is 11.9 Å². The third-order valence-electron chi connectivity index (χ3n) is 4.16. The quantitative estimate of drug-likeness (QED) is 0.637. The monoisotopic (exact) mass is 393 g/mol. The maximum Gasteiger partial charge on any atom is 0.341 e. The van der Waals surface area contributed by atoms with Crippen LogP contribution in [0.1, 0.15) is 42.4 Å². The van der Waals surface area contributed by atoms with Crippen molar-refractivity contribution >= 4 is 23.5 Å². The van der Waals surface area contributed by atoms with Crippen LogP contribution in [0.5, 0.6) is 0 Å². The number of anilines is 1. The average molecular weight is 393 g/mol. The largest absolute Gasteiger partial charge is 0.465 e. The molecule has 0 bridgehead atoms. The van der Waals surface area contributed by atoms with Crippen LogP contribution in [0.3, 0.4) is 0 Å². The van der Waals surface area contributed by atoms with Gasteiger partial charge in [-0.1, -0.05) is 29.8 Å². The van der Waals surface area contributed by atoms with Crippen molar-refractivity contribution in [2.75, 3.05) is 12.4 Å². The Labute approximate surface area is 167 Å². The summed E-state index contributed by atoms with van der Waals surface area (Å²) in [5.74, 6) is -1.42. The number of aryl methyl sites for hydroxylation is 1. The smallest absolute Gasteiger partial charge is 0.341 e. The Hall–Kier alpha value is -3.87. The first-order valence-electron chi connectivity index (χ1n) is 8.78. The number of esters is 2. The molecule has 0 fully saturated rings. The Morgan fingerprint density at radius 1 is 0.966 bits per heavy atom. The van der Waals surface area contributed by atoms with Crippen LogP contribution in [-0.4, -0.2) is 25.0 Å². The van der Waals surface area contributed by atoms with E-state index in [4.69, 9.17) is 9.15 Å². The number of furan rings is 1. The fraction of sp³-hybridized carbons (Fsp3) is 0.136. The van der Waals surface area contributed by atoms with Crippen molar-refractivity contribution < 1.29 is 28.3 Å². The van der Waals surface area contributed by atoms with Gasteiger partial charge in [0.1, 0.15) is 5.56 Å². The molecule has 29 heavy (non-hydrogen) atoms. The molecular weight excluding hydrogens is 374 g/mol. The van der Waals surface area contributed by atoms with Crippen molar-refractivity contribution in [1.82, 2.24) is 0 Å². The van der Waals surface area contributed by atoms with Crippen molar-refractivity contribution in [3.63, 3.8) is 0 Å². The van der Waals surface area contributed by atoms with Gasteiger partial charge in [-0.05, 0) is 37.3 Å². The summed E-state index contributed by atoms with van der Waals surface area (Å²) >= 11 is 0. The third-order valence-corrected chi connectivity index (χ3v) is 4.16. The Morgan fingerprint density at radius 3 is 2.52 bits per heavy atom. The molecule has 1 heterocycles. The summed E-state index contributed by atoms with van der Waals surface area (Å²) in [4.78, 5) is 36.7. The summed E-state index contributed by atoms with van der Waals surface area (Å²) in [6.07, 6.45) is 1.31. The molecule has 3 rings (SSSR count). The summed E-state index contributed by atoms with van der Waals surface area (Å²) < 4.78 is 15.1. The highest BCUT2D eigenvalue weighted by molar-refractivity contribution is 6.08. The second-order valence-corrected chi connectivity index (χ2v) is 6.19. The molecule has 148 valence electrons. The molecule has 0 radical (unpaired) electrons. The van der Waals surface area contributed by atoms with E-state index in [-0.39, 0.29) is 29.4 Å². The number of carbonyl (C=O) groups is 3. The van der Waals surface area contributed by atoms with Crippen LogP contribution >= 0.6 is 0 Å². The fourth-order valence-corrected chi connectivity index (χ4v) is 2.70. The number of hydrogen-bond donors (Lipinski definition) is 1. The lowest BCUT2D eigenvalue weighted by Crippen LogP contribution is -2.16. The second-order valence-electron chi connectivity index (χ2n) is 6.19. The average Bonchev–Trinajstić information content (AvgIpc) is 3.20. The molecule has 0 aliphatic rings. The van der Waals surface area contributed by atoms with Crippen molar-refractivity contribution in [3.05, 3.63) is 88.9 Å². The molecule has 0 atom stereocenters. The molecule has 1 N–H and O–H groups in total. The number of ether oxygens (including phenoxy) is 2. The van der Waals surface area contributed by atoms with Crippen LogP contribution in [0.25, 0.3) is 0 Å². The number of para-hydroxylation sites is 1. The van der Waals surface area contributed by atoms with Crippen molar-refractivity contribution in [2.45, 2.75) is 13.5 Å². The van der Waals surface area contributed by atoms with E-state index in [2.05, 4.69) is 10.1 Å². The summed E-state index contributed by atoms with van der Waals surface area (Å²) in [6.45, 7) is 1.63. The predicted molar refractivity (Wildman–Crippen MR) is 105 cm³/mol. The van der Waals surface area contributed by atoms with E-state index in [0.717, 1.165) is 5.56 Å². The van der Waals surface area contributed by atoms with Gasteiger partial charge in [-0.25, -0.2) is 9.59 Å². The molecule has 0 saturated heterocycles. The zero-order valence-electron chi connectivity index (χ0n) is 15.9. The number of methoxy groups -OCH3 is 1. The minimum atomic E-state index is -0.669. The normalized spacial score (nSPS) is 10.3. The maximum absolute atomic E-state index is 12.6. The van der Waals surface area contributed by atoms with Gasteiger partial charge in [-0.15, -0.1) is 0 Å². The highest BCUT2D eigenvalue weighted by Crippen LogP contribution is 2.20. The molecule has 3 aromatic rings. The molecule has 7 nitrogen and oxygen atoms in total. The van der Waals surface area contributed by atoms with Crippen molar-refractivity contribution in [1.29, 1.82) is 0 Å². The number of hydrogen-bond acceptors (Lipinski definition) is 6. The Morgan fingerprint density at radius 2 is 1.76 bits per heavy atom. The van der Waals surface area contributed by atoms with Gasteiger partial charge in [0, 0.05) is 5.56 Å². The Kier molecular flexibility index (Phi) is 6.09. The molecule has 2 aromatic carbocycles. The van der Waals surface area contributed by atoms with Crippen molar-refractivity contribution in [2.24, 2.45) is 0 Å². The molecular formula is C22H19NO6. The number of rotatable bonds is 6. The first-order valence-corrected chi connectivity index (χ1v) is 8.78. The molecule has 1 amide bonds. The SMILES string of the molecule is COC(=O)c1ccoc1COC(=O)c1ccccc1NC(=O)c1cccc(C)c1. The van der Waals surface area contributed by atoms with E-state index in [9.17, 15) is 14.4 Å². The minimum absolute atomic E-state index is 0.173. The maximum atomic E-state index is 12.6. The number of nitrogens with one attached hydrogen (secondary N) is 1. The summed E-state index contributed by atoms with van der Waals surface area (Å²) in [7, 11) is 1.25. The first-order chi connectivity index (χ1) is 14.0. The van der Waals surface area contributed by atoms with Gasteiger partial charge in [0.2, 0.25) is 0 Å². The highest BCUT2D eigenvalue weighted by Gasteiger charge is 2.19. The molecule has 0 aliphatic carbocycles. The van der Waals surface area contributed by atoms with Gasteiger partial charge in [0.05, 0.1) is 24.6 Å². The lowest BCUT2D eigenvalue weighted by Gasteiger charge is -2.11. The molecule has 0 aliphatic heterocycles. The summed E-state index contributed by atoms with van der Waals surface area (Å²) in [5, 5.41) is 2.73. The van der Waals surface area contributed by atoms with Gasteiger partial charge in [0.15, 0.2) is 12.4 Å². The van der Waals surface area contributed by atoms with Gasteiger partial charge in [-0.3, -0.25) is 4.79 Å². The van der Waals surface area contributed by atoms with Gasteiger partial charge < -0.3 is 19.2 Å². The number of carbonyl (C=O) groups excluding carboxylic acids is 3. The first kappa shape index (κ1) is 19.9. The van der Waals surface area contributed by atoms with Crippen LogP contribution in [-0.2, 0) is 16.1 Å². The fourth-order valence-electron chi connectivity index (χ4n) is 2.70. The topological polar surface area (TPSA) is 94.8 Å². The zero-order chi connectivity index (χ0) is 20.8. The lowest BCUT2D eigenvalue weighted by molar-refractivity contribution is 0.0433. The Bertz CT molecular complexity index is 1050. The van der Waals surface area contributed by atoms with Crippen LogP contribution in [0.2, 0.25) is 0 Å². The van der Waals surface area contributed by atoms with Crippen molar-refractivity contribution in [3.8, 4) is 0 Å². The van der Waals surface area contributed by atoms with Crippen LogP contribution < -0.4 is 5.32 Å². The second kappa shape index (κ2) is 8.88. The number of amides is 1. The summed E-state index contributed by atoms with van der Waals surface area (Å²) in [6, 6.07) is 15.1. The molecule has 0 saturated carbocycles. The van der Waals surface area contributed by atoms with E-state index in [1.807, 2.05) is 13.0 Å². The van der Waals surface area contributed by atoms with E-state index in [1.54, 1.807) is 36.4 Å². The molecule has 7 heteroatoms.